The Morgan fingerprint density at radius 3 is 2.14 bits per heavy atom. The minimum Gasteiger partial charge on any atom is -0.497 e. The minimum atomic E-state index is -0.0634. The molecule has 162 valence electrons. The molecule has 0 atom stereocenters. The molecular weight excluding hydrogens is 372 g/mol. The van der Waals surface area contributed by atoms with E-state index in [1.807, 2.05) is 4.90 Å². The fraction of sp³-hybridized carbons (Fsp3) is 0.636. The van der Waals surface area contributed by atoms with Gasteiger partial charge in [-0.25, -0.2) is 0 Å². The first-order chi connectivity index (χ1) is 13.9. The Morgan fingerprint density at radius 2 is 1.66 bits per heavy atom. The van der Waals surface area contributed by atoms with Gasteiger partial charge in [0.05, 0.1) is 20.8 Å². The molecule has 1 aliphatic rings. The third-order valence-electron chi connectivity index (χ3n) is 5.19. The zero-order valence-electron chi connectivity index (χ0n) is 18.3. The van der Waals surface area contributed by atoms with Gasteiger partial charge in [-0.15, -0.1) is 0 Å². The van der Waals surface area contributed by atoms with Gasteiger partial charge in [0.2, 0.25) is 5.91 Å². The molecule has 0 aliphatic carbocycles. The summed E-state index contributed by atoms with van der Waals surface area (Å²) in [5.41, 5.74) is 0.535. The predicted octanol–water partition coefficient (Wildman–Crippen LogP) is 2.69. The Balaban J connectivity index is 2.00. The van der Waals surface area contributed by atoms with Crippen LogP contribution in [0.3, 0.4) is 0 Å². The van der Waals surface area contributed by atoms with E-state index in [0.29, 0.717) is 62.1 Å². The molecule has 0 bridgehead atoms. The molecule has 1 saturated heterocycles. The van der Waals surface area contributed by atoms with E-state index in [1.165, 1.54) is 0 Å². The highest BCUT2D eigenvalue weighted by Gasteiger charge is 2.31. The average Bonchev–Trinajstić information content (AvgIpc) is 2.75. The van der Waals surface area contributed by atoms with Crippen LogP contribution in [-0.2, 0) is 9.53 Å². The summed E-state index contributed by atoms with van der Waals surface area (Å²) in [6.07, 6.45) is 1.35. The van der Waals surface area contributed by atoms with Crippen molar-refractivity contribution in [2.45, 2.75) is 26.7 Å². The SMILES string of the molecule is COCCN(CC(C)C)C(=O)C1CCN(C(=O)c2cc(OC)cc(OC)c2)CC1. The van der Waals surface area contributed by atoms with Crippen molar-refractivity contribution in [1.29, 1.82) is 0 Å². The molecule has 1 aromatic rings. The highest BCUT2D eigenvalue weighted by atomic mass is 16.5. The van der Waals surface area contributed by atoms with Crippen LogP contribution in [-0.4, -0.2) is 75.7 Å². The second-order valence-electron chi connectivity index (χ2n) is 7.84. The number of rotatable bonds is 9. The number of hydrogen-bond acceptors (Lipinski definition) is 5. The van der Waals surface area contributed by atoms with Crippen molar-refractivity contribution >= 4 is 11.8 Å². The lowest BCUT2D eigenvalue weighted by Crippen LogP contribution is -2.46. The average molecular weight is 407 g/mol. The van der Waals surface area contributed by atoms with E-state index >= 15 is 0 Å². The van der Waals surface area contributed by atoms with Crippen molar-refractivity contribution in [3.05, 3.63) is 23.8 Å². The summed E-state index contributed by atoms with van der Waals surface area (Å²) < 4.78 is 15.7. The van der Waals surface area contributed by atoms with Gasteiger partial charge >= 0.3 is 0 Å². The normalized spacial score (nSPS) is 14.8. The number of amides is 2. The van der Waals surface area contributed by atoms with Crippen molar-refractivity contribution in [2.24, 2.45) is 11.8 Å². The maximum Gasteiger partial charge on any atom is 0.254 e. The Kier molecular flexibility index (Phi) is 8.76. The van der Waals surface area contributed by atoms with E-state index in [0.717, 1.165) is 6.54 Å². The maximum atomic E-state index is 13.0. The van der Waals surface area contributed by atoms with Gasteiger partial charge in [0.15, 0.2) is 0 Å². The lowest BCUT2D eigenvalue weighted by Gasteiger charge is -2.35. The fourth-order valence-electron chi connectivity index (χ4n) is 3.63. The molecule has 1 heterocycles. The van der Waals surface area contributed by atoms with Crippen LogP contribution in [0.1, 0.15) is 37.0 Å². The van der Waals surface area contributed by atoms with Crippen molar-refractivity contribution < 1.29 is 23.8 Å². The first kappa shape index (κ1) is 23.0. The summed E-state index contributed by atoms with van der Waals surface area (Å²) in [5, 5.41) is 0. The fourth-order valence-corrected chi connectivity index (χ4v) is 3.63. The number of carbonyl (C=O) groups is 2. The molecule has 1 aromatic carbocycles. The summed E-state index contributed by atoms with van der Waals surface area (Å²) in [7, 11) is 4.77. The lowest BCUT2D eigenvalue weighted by atomic mass is 9.94. The van der Waals surface area contributed by atoms with Crippen LogP contribution in [0.2, 0.25) is 0 Å². The van der Waals surface area contributed by atoms with E-state index in [9.17, 15) is 9.59 Å². The van der Waals surface area contributed by atoms with Gasteiger partial charge in [-0.05, 0) is 30.9 Å². The topological polar surface area (TPSA) is 68.3 Å². The number of piperidine rings is 1. The summed E-state index contributed by atoms with van der Waals surface area (Å²) >= 11 is 0. The summed E-state index contributed by atoms with van der Waals surface area (Å²) in [6.45, 7) is 7.21. The number of nitrogens with zero attached hydrogens (tertiary/aromatic N) is 2. The molecular formula is C22H34N2O5. The zero-order valence-corrected chi connectivity index (χ0v) is 18.3. The molecule has 0 aromatic heterocycles. The highest BCUT2D eigenvalue weighted by molar-refractivity contribution is 5.95. The van der Waals surface area contributed by atoms with E-state index in [1.54, 1.807) is 44.4 Å². The minimum absolute atomic E-state index is 0.0468. The quantitative estimate of drug-likeness (QED) is 0.631. The standard InChI is InChI=1S/C22H34N2O5/c1-16(2)15-24(10-11-27-3)21(25)17-6-8-23(9-7-17)22(26)18-12-19(28-4)14-20(13-18)29-5/h12-14,16-17H,6-11,15H2,1-5H3. The van der Waals surface area contributed by atoms with Gasteiger partial charge in [0, 0.05) is 50.8 Å². The molecule has 1 fully saturated rings. The maximum absolute atomic E-state index is 13.0. The summed E-state index contributed by atoms with van der Waals surface area (Å²) in [4.78, 5) is 29.6. The molecule has 0 radical (unpaired) electrons. The second-order valence-corrected chi connectivity index (χ2v) is 7.84. The van der Waals surface area contributed by atoms with E-state index in [-0.39, 0.29) is 17.7 Å². The number of carbonyl (C=O) groups excluding carboxylic acids is 2. The van der Waals surface area contributed by atoms with Crippen LogP contribution < -0.4 is 9.47 Å². The van der Waals surface area contributed by atoms with Crippen molar-refractivity contribution in [3.8, 4) is 11.5 Å². The van der Waals surface area contributed by atoms with E-state index < -0.39 is 0 Å². The van der Waals surface area contributed by atoms with Gasteiger partial charge in [0.1, 0.15) is 11.5 Å². The molecule has 2 rings (SSSR count). The predicted molar refractivity (Wildman–Crippen MR) is 111 cm³/mol. The largest absolute Gasteiger partial charge is 0.497 e. The molecule has 2 amide bonds. The first-order valence-corrected chi connectivity index (χ1v) is 10.2. The smallest absolute Gasteiger partial charge is 0.254 e. The Bertz CT molecular complexity index is 662. The second kappa shape index (κ2) is 11.0. The molecule has 0 saturated carbocycles. The third kappa shape index (κ3) is 6.35. The van der Waals surface area contributed by atoms with Crippen LogP contribution in [0.4, 0.5) is 0 Å². The number of ether oxygens (including phenoxy) is 3. The van der Waals surface area contributed by atoms with Crippen molar-refractivity contribution in [3.63, 3.8) is 0 Å². The zero-order chi connectivity index (χ0) is 21.4. The number of benzene rings is 1. The van der Waals surface area contributed by atoms with Gasteiger partial charge < -0.3 is 24.0 Å². The van der Waals surface area contributed by atoms with Crippen LogP contribution >= 0.6 is 0 Å². The monoisotopic (exact) mass is 406 g/mol. The molecule has 7 nitrogen and oxygen atoms in total. The van der Waals surface area contributed by atoms with Gasteiger partial charge in [-0.1, -0.05) is 13.8 Å². The third-order valence-corrected chi connectivity index (χ3v) is 5.19. The molecule has 0 spiro atoms. The van der Waals surface area contributed by atoms with Crippen LogP contribution in [0.15, 0.2) is 18.2 Å². The van der Waals surface area contributed by atoms with E-state index in [2.05, 4.69) is 13.8 Å². The van der Waals surface area contributed by atoms with Gasteiger partial charge in [0.25, 0.3) is 5.91 Å². The number of hydrogen-bond donors (Lipinski definition) is 0. The Morgan fingerprint density at radius 1 is 1.07 bits per heavy atom. The number of methoxy groups -OCH3 is 3. The lowest BCUT2D eigenvalue weighted by molar-refractivity contribution is -0.138. The molecule has 29 heavy (non-hydrogen) atoms. The molecule has 1 aliphatic heterocycles. The summed E-state index contributed by atoms with van der Waals surface area (Å²) in [6, 6.07) is 5.18. The first-order valence-electron chi connectivity index (χ1n) is 10.2. The molecule has 7 heteroatoms. The number of likely N-dealkylation sites (tertiary alicyclic amines) is 1. The molecule has 0 N–H and O–H groups in total. The summed E-state index contributed by atoms with van der Waals surface area (Å²) in [5.74, 6) is 1.63. The Hall–Kier alpha value is -2.28. The van der Waals surface area contributed by atoms with Crippen LogP contribution in [0.5, 0.6) is 11.5 Å². The highest BCUT2D eigenvalue weighted by Crippen LogP contribution is 2.26. The van der Waals surface area contributed by atoms with Crippen molar-refractivity contribution in [2.75, 3.05) is 54.1 Å². The van der Waals surface area contributed by atoms with Crippen LogP contribution in [0, 0.1) is 11.8 Å². The van der Waals surface area contributed by atoms with Crippen molar-refractivity contribution in [1.82, 2.24) is 9.80 Å². The van der Waals surface area contributed by atoms with E-state index in [4.69, 9.17) is 14.2 Å². The van der Waals surface area contributed by atoms with Gasteiger partial charge in [-0.2, -0.15) is 0 Å². The Labute approximate surface area is 173 Å². The molecule has 0 unspecified atom stereocenters. The van der Waals surface area contributed by atoms with Crippen LogP contribution in [0.25, 0.3) is 0 Å². The van der Waals surface area contributed by atoms with Gasteiger partial charge in [-0.3, -0.25) is 9.59 Å².